The van der Waals surface area contributed by atoms with E-state index in [4.69, 9.17) is 0 Å². The number of anilines is 1. The average Bonchev–Trinajstić information content (AvgIpc) is 3.01. The maximum absolute atomic E-state index is 12.7. The molecule has 0 aliphatic rings. The van der Waals surface area contributed by atoms with E-state index in [1.807, 2.05) is 35.7 Å². The van der Waals surface area contributed by atoms with Gasteiger partial charge in [0.05, 0.1) is 17.7 Å². The van der Waals surface area contributed by atoms with Gasteiger partial charge < -0.3 is 9.47 Å². The van der Waals surface area contributed by atoms with E-state index in [1.54, 1.807) is 23.6 Å². The highest BCUT2D eigenvalue weighted by Crippen LogP contribution is 2.30. The van der Waals surface area contributed by atoms with Crippen molar-refractivity contribution in [1.82, 2.24) is 4.57 Å². The van der Waals surface area contributed by atoms with E-state index >= 15 is 0 Å². The van der Waals surface area contributed by atoms with Crippen LogP contribution in [-0.4, -0.2) is 17.5 Å². The first-order valence-corrected chi connectivity index (χ1v) is 9.30. The molecule has 0 unspecified atom stereocenters. The molecular weight excluding hydrogens is 387 g/mol. The topological polar surface area (TPSA) is 37.6 Å². The zero-order valence-corrected chi connectivity index (χ0v) is 16.1. The zero-order valence-electron chi connectivity index (χ0n) is 15.3. The van der Waals surface area contributed by atoms with Gasteiger partial charge in [-0.1, -0.05) is 18.2 Å². The second-order valence-electron chi connectivity index (χ2n) is 6.19. The van der Waals surface area contributed by atoms with Crippen molar-refractivity contribution in [2.75, 3.05) is 11.9 Å². The van der Waals surface area contributed by atoms with E-state index in [2.05, 4.69) is 4.99 Å². The molecular formula is C20H18F3N3OS. The highest BCUT2D eigenvalue weighted by Gasteiger charge is 2.29. The SMILES string of the molecule is CN(C(=O)Cc1csc(=Nc2ccc(C(F)(F)F)cc2)n1C)c1ccccc1. The Balaban J connectivity index is 1.78. The van der Waals surface area contributed by atoms with Crippen molar-refractivity contribution >= 4 is 28.6 Å². The number of rotatable bonds is 4. The summed E-state index contributed by atoms with van der Waals surface area (Å²) in [4.78, 5) is 19.1. The van der Waals surface area contributed by atoms with Gasteiger partial charge in [0.1, 0.15) is 0 Å². The minimum absolute atomic E-state index is 0.0688. The van der Waals surface area contributed by atoms with Crippen molar-refractivity contribution in [2.24, 2.45) is 12.0 Å². The molecule has 0 bridgehead atoms. The number of amides is 1. The molecule has 0 aliphatic heterocycles. The van der Waals surface area contributed by atoms with Crippen LogP contribution in [0.15, 0.2) is 65.0 Å². The Morgan fingerprint density at radius 3 is 2.36 bits per heavy atom. The number of benzene rings is 2. The van der Waals surface area contributed by atoms with Gasteiger partial charge in [-0.3, -0.25) is 4.79 Å². The number of carbonyl (C=O) groups is 1. The van der Waals surface area contributed by atoms with Gasteiger partial charge in [0, 0.05) is 30.9 Å². The van der Waals surface area contributed by atoms with Gasteiger partial charge in [0.15, 0.2) is 4.80 Å². The summed E-state index contributed by atoms with van der Waals surface area (Å²) in [5.41, 5.74) is 1.30. The molecule has 0 atom stereocenters. The van der Waals surface area contributed by atoms with Crippen LogP contribution in [0.4, 0.5) is 24.5 Å². The Labute approximate surface area is 164 Å². The van der Waals surface area contributed by atoms with Crippen LogP contribution in [-0.2, 0) is 24.4 Å². The summed E-state index contributed by atoms with van der Waals surface area (Å²) in [5.74, 6) is -0.0688. The van der Waals surface area contributed by atoms with E-state index < -0.39 is 11.7 Å². The maximum Gasteiger partial charge on any atom is 0.416 e. The van der Waals surface area contributed by atoms with E-state index in [-0.39, 0.29) is 12.3 Å². The lowest BCUT2D eigenvalue weighted by Crippen LogP contribution is -2.29. The van der Waals surface area contributed by atoms with Gasteiger partial charge in [-0.05, 0) is 36.4 Å². The first-order valence-electron chi connectivity index (χ1n) is 8.42. The van der Waals surface area contributed by atoms with Crippen LogP contribution in [0, 0.1) is 0 Å². The summed E-state index contributed by atoms with van der Waals surface area (Å²) in [6.45, 7) is 0. The van der Waals surface area contributed by atoms with Crippen LogP contribution < -0.4 is 9.70 Å². The predicted molar refractivity (Wildman–Crippen MR) is 104 cm³/mol. The summed E-state index contributed by atoms with van der Waals surface area (Å²) >= 11 is 1.33. The van der Waals surface area contributed by atoms with Crippen LogP contribution in [0.2, 0.25) is 0 Å². The highest BCUT2D eigenvalue weighted by molar-refractivity contribution is 7.07. The maximum atomic E-state index is 12.7. The lowest BCUT2D eigenvalue weighted by Gasteiger charge is -2.17. The molecule has 0 radical (unpaired) electrons. The van der Waals surface area contributed by atoms with Crippen molar-refractivity contribution in [3.05, 3.63) is 76.0 Å². The first-order chi connectivity index (χ1) is 13.3. The van der Waals surface area contributed by atoms with Crippen molar-refractivity contribution in [3.8, 4) is 0 Å². The Morgan fingerprint density at radius 2 is 1.75 bits per heavy atom. The Bertz CT molecular complexity index is 1020. The monoisotopic (exact) mass is 405 g/mol. The number of hydrogen-bond acceptors (Lipinski definition) is 3. The van der Waals surface area contributed by atoms with Crippen LogP contribution in [0.5, 0.6) is 0 Å². The van der Waals surface area contributed by atoms with Gasteiger partial charge in [-0.15, -0.1) is 11.3 Å². The standard InChI is InChI=1S/C20H18F3N3OS/c1-25(16-6-4-3-5-7-16)18(27)12-17-13-28-19(26(17)2)24-15-10-8-14(9-11-15)20(21,22)23/h3-11,13H,12H2,1-2H3. The molecule has 3 rings (SSSR count). The average molecular weight is 405 g/mol. The second kappa shape index (κ2) is 8.02. The molecule has 8 heteroatoms. The number of alkyl halides is 3. The quantitative estimate of drug-likeness (QED) is 0.628. The fraction of sp³-hybridized carbons (Fsp3) is 0.200. The van der Waals surface area contributed by atoms with E-state index in [0.29, 0.717) is 10.5 Å². The number of thiazole rings is 1. The van der Waals surface area contributed by atoms with Crippen LogP contribution in [0.3, 0.4) is 0 Å². The molecule has 146 valence electrons. The van der Waals surface area contributed by atoms with Gasteiger partial charge in [0.2, 0.25) is 5.91 Å². The molecule has 0 fully saturated rings. The molecule has 2 aromatic carbocycles. The van der Waals surface area contributed by atoms with Gasteiger partial charge >= 0.3 is 6.18 Å². The summed E-state index contributed by atoms with van der Waals surface area (Å²) in [6, 6.07) is 14.0. The summed E-state index contributed by atoms with van der Waals surface area (Å²) in [6.07, 6.45) is -4.18. The molecule has 1 amide bonds. The van der Waals surface area contributed by atoms with Gasteiger partial charge in [-0.25, -0.2) is 4.99 Å². The number of likely N-dealkylation sites (N-methyl/N-ethyl adjacent to an activating group) is 1. The number of para-hydroxylation sites is 1. The number of hydrogen-bond donors (Lipinski definition) is 0. The van der Waals surface area contributed by atoms with E-state index in [0.717, 1.165) is 23.5 Å². The summed E-state index contributed by atoms with van der Waals surface area (Å²) < 4.78 is 39.7. The number of nitrogens with zero attached hydrogens (tertiary/aromatic N) is 3. The van der Waals surface area contributed by atoms with Crippen molar-refractivity contribution in [3.63, 3.8) is 0 Å². The number of halogens is 3. The second-order valence-corrected chi connectivity index (χ2v) is 7.03. The highest BCUT2D eigenvalue weighted by atomic mass is 32.1. The zero-order chi connectivity index (χ0) is 20.3. The lowest BCUT2D eigenvalue weighted by atomic mass is 10.2. The summed E-state index contributed by atoms with van der Waals surface area (Å²) in [5, 5.41) is 1.83. The Morgan fingerprint density at radius 1 is 1.11 bits per heavy atom. The smallest absolute Gasteiger partial charge is 0.323 e. The molecule has 3 aromatic rings. The molecule has 0 N–H and O–H groups in total. The molecule has 0 saturated carbocycles. The third kappa shape index (κ3) is 4.51. The number of aromatic nitrogens is 1. The molecule has 0 saturated heterocycles. The summed E-state index contributed by atoms with van der Waals surface area (Å²) in [7, 11) is 3.50. The molecule has 4 nitrogen and oxygen atoms in total. The molecule has 28 heavy (non-hydrogen) atoms. The van der Waals surface area contributed by atoms with Gasteiger partial charge in [0.25, 0.3) is 0 Å². The largest absolute Gasteiger partial charge is 0.416 e. The fourth-order valence-electron chi connectivity index (χ4n) is 2.57. The van der Waals surface area contributed by atoms with E-state index in [9.17, 15) is 18.0 Å². The Kier molecular flexibility index (Phi) is 5.69. The van der Waals surface area contributed by atoms with E-state index in [1.165, 1.54) is 23.5 Å². The minimum atomic E-state index is -4.37. The Hall–Kier alpha value is -2.87. The van der Waals surface area contributed by atoms with Crippen LogP contribution in [0.1, 0.15) is 11.3 Å². The van der Waals surface area contributed by atoms with Crippen molar-refractivity contribution in [1.29, 1.82) is 0 Å². The number of carbonyl (C=O) groups excluding carboxylic acids is 1. The molecule has 0 spiro atoms. The first kappa shape index (κ1) is 19.9. The third-order valence-electron chi connectivity index (χ3n) is 4.29. The predicted octanol–water partition coefficient (Wildman–Crippen LogP) is 4.54. The van der Waals surface area contributed by atoms with Crippen LogP contribution in [0.25, 0.3) is 0 Å². The van der Waals surface area contributed by atoms with Gasteiger partial charge in [-0.2, -0.15) is 13.2 Å². The van der Waals surface area contributed by atoms with Crippen molar-refractivity contribution in [2.45, 2.75) is 12.6 Å². The fourth-order valence-corrected chi connectivity index (χ4v) is 3.48. The molecule has 1 aromatic heterocycles. The molecule has 0 aliphatic carbocycles. The normalized spacial score (nSPS) is 12.2. The molecule has 1 heterocycles. The minimum Gasteiger partial charge on any atom is -0.323 e. The van der Waals surface area contributed by atoms with Crippen LogP contribution >= 0.6 is 11.3 Å². The lowest BCUT2D eigenvalue weighted by molar-refractivity contribution is -0.137. The van der Waals surface area contributed by atoms with Crippen molar-refractivity contribution < 1.29 is 18.0 Å². The third-order valence-corrected chi connectivity index (χ3v) is 5.25.